The molecule has 0 radical (unpaired) electrons. The summed E-state index contributed by atoms with van der Waals surface area (Å²) in [6, 6.07) is 7.62. The van der Waals surface area contributed by atoms with Crippen LogP contribution in [0, 0.1) is 0 Å². The van der Waals surface area contributed by atoms with E-state index in [1.807, 2.05) is 38.1 Å². The Balaban J connectivity index is 2.04. The Morgan fingerprint density at radius 2 is 2.06 bits per heavy atom. The molecule has 4 heteroatoms. The molecule has 1 heterocycles. The van der Waals surface area contributed by atoms with E-state index in [1.54, 1.807) is 0 Å². The molecule has 1 unspecified atom stereocenters. The number of rotatable bonds is 3. The average Bonchev–Trinajstić information content (AvgIpc) is 2.65. The molecule has 1 saturated heterocycles. The first-order chi connectivity index (χ1) is 7.65. The van der Waals surface area contributed by atoms with Gasteiger partial charge in [0.2, 0.25) is 0 Å². The van der Waals surface area contributed by atoms with Crippen LogP contribution in [-0.4, -0.2) is 18.7 Å². The number of carbonyl (C=O) groups excluding carboxylic acids is 1. The van der Waals surface area contributed by atoms with E-state index in [-0.39, 0.29) is 18.3 Å². The highest BCUT2D eigenvalue weighted by molar-refractivity contribution is 5.69. The summed E-state index contributed by atoms with van der Waals surface area (Å²) in [5.41, 5.74) is 0.981. The summed E-state index contributed by atoms with van der Waals surface area (Å²) in [5, 5.41) is 2.62. The van der Waals surface area contributed by atoms with Gasteiger partial charge in [-0.15, -0.1) is 0 Å². The maximum Gasteiger partial charge on any atom is 0.407 e. The van der Waals surface area contributed by atoms with Crippen molar-refractivity contribution >= 4 is 6.09 Å². The van der Waals surface area contributed by atoms with Gasteiger partial charge in [0.1, 0.15) is 11.9 Å². The first-order valence-electron chi connectivity index (χ1n) is 5.36. The van der Waals surface area contributed by atoms with E-state index in [0.29, 0.717) is 6.54 Å². The molecule has 1 N–H and O–H groups in total. The van der Waals surface area contributed by atoms with Gasteiger partial charge in [0, 0.05) is 0 Å². The van der Waals surface area contributed by atoms with Crippen molar-refractivity contribution in [2.75, 3.05) is 6.54 Å². The van der Waals surface area contributed by atoms with Gasteiger partial charge in [-0.1, -0.05) is 12.1 Å². The molecule has 1 aliphatic rings. The number of nitrogens with one attached hydrogen (secondary N) is 1. The summed E-state index contributed by atoms with van der Waals surface area (Å²) in [7, 11) is 0. The first-order valence-corrected chi connectivity index (χ1v) is 5.36. The average molecular weight is 221 g/mol. The lowest BCUT2D eigenvalue weighted by atomic mass is 10.1. The van der Waals surface area contributed by atoms with Gasteiger partial charge in [-0.2, -0.15) is 0 Å². The van der Waals surface area contributed by atoms with E-state index in [1.165, 1.54) is 0 Å². The molecule has 0 saturated carbocycles. The molecule has 1 aromatic carbocycles. The van der Waals surface area contributed by atoms with Crippen LogP contribution >= 0.6 is 0 Å². The van der Waals surface area contributed by atoms with Crippen LogP contribution in [0.4, 0.5) is 4.79 Å². The predicted molar refractivity (Wildman–Crippen MR) is 59.4 cm³/mol. The van der Waals surface area contributed by atoms with Gasteiger partial charge in [0.15, 0.2) is 0 Å². The highest BCUT2D eigenvalue weighted by Gasteiger charge is 2.23. The van der Waals surface area contributed by atoms with Crippen LogP contribution in [0.2, 0.25) is 0 Å². The molecule has 2 rings (SSSR count). The zero-order valence-electron chi connectivity index (χ0n) is 9.40. The van der Waals surface area contributed by atoms with E-state index in [0.717, 1.165) is 11.3 Å². The lowest BCUT2D eigenvalue weighted by molar-refractivity contribution is 0.141. The Labute approximate surface area is 94.6 Å². The second-order valence-electron chi connectivity index (χ2n) is 4.01. The maximum absolute atomic E-state index is 10.9. The molecule has 1 fully saturated rings. The van der Waals surface area contributed by atoms with Crippen LogP contribution in [0.5, 0.6) is 5.75 Å². The van der Waals surface area contributed by atoms with E-state index in [4.69, 9.17) is 9.47 Å². The SMILES string of the molecule is CC(C)Oc1ccc(C2CNC(=O)O2)cc1. The minimum atomic E-state index is -0.354. The van der Waals surface area contributed by atoms with Crippen molar-refractivity contribution in [2.24, 2.45) is 0 Å². The van der Waals surface area contributed by atoms with Crippen molar-refractivity contribution < 1.29 is 14.3 Å². The minimum absolute atomic E-state index is 0.164. The molecule has 0 bridgehead atoms. The van der Waals surface area contributed by atoms with Crippen molar-refractivity contribution in [3.05, 3.63) is 29.8 Å². The standard InChI is InChI=1S/C12H15NO3/c1-8(2)15-10-5-3-9(4-6-10)11-7-13-12(14)16-11/h3-6,8,11H,7H2,1-2H3,(H,13,14). The normalized spacial score (nSPS) is 19.4. The van der Waals surface area contributed by atoms with Crippen molar-refractivity contribution in [2.45, 2.75) is 26.1 Å². The highest BCUT2D eigenvalue weighted by Crippen LogP contribution is 2.23. The van der Waals surface area contributed by atoms with Crippen LogP contribution in [0.1, 0.15) is 25.5 Å². The number of alkyl carbamates (subject to hydrolysis) is 1. The predicted octanol–water partition coefficient (Wildman–Crippen LogP) is 2.25. The van der Waals surface area contributed by atoms with E-state index < -0.39 is 0 Å². The molecule has 1 aliphatic heterocycles. The van der Waals surface area contributed by atoms with Gasteiger partial charge in [0.05, 0.1) is 12.6 Å². The van der Waals surface area contributed by atoms with E-state index >= 15 is 0 Å². The summed E-state index contributed by atoms with van der Waals surface area (Å²) >= 11 is 0. The van der Waals surface area contributed by atoms with Gasteiger partial charge in [-0.25, -0.2) is 4.79 Å². The molecule has 0 aromatic heterocycles. The third-order valence-electron chi connectivity index (χ3n) is 2.30. The zero-order chi connectivity index (χ0) is 11.5. The minimum Gasteiger partial charge on any atom is -0.491 e. The van der Waals surface area contributed by atoms with Crippen LogP contribution in [0.25, 0.3) is 0 Å². The molecule has 4 nitrogen and oxygen atoms in total. The fourth-order valence-electron chi connectivity index (χ4n) is 1.61. The van der Waals surface area contributed by atoms with Gasteiger partial charge in [-0.3, -0.25) is 0 Å². The number of hydrogen-bond acceptors (Lipinski definition) is 3. The molecule has 1 amide bonds. The first kappa shape index (κ1) is 10.8. The Hall–Kier alpha value is -1.71. The number of benzene rings is 1. The maximum atomic E-state index is 10.9. The number of ether oxygens (including phenoxy) is 2. The van der Waals surface area contributed by atoms with Crippen molar-refractivity contribution in [3.8, 4) is 5.75 Å². The van der Waals surface area contributed by atoms with Crippen molar-refractivity contribution in [3.63, 3.8) is 0 Å². The number of cyclic esters (lactones) is 1. The number of amides is 1. The van der Waals surface area contributed by atoms with Crippen LogP contribution < -0.4 is 10.1 Å². The van der Waals surface area contributed by atoms with E-state index in [2.05, 4.69) is 5.32 Å². The summed E-state index contributed by atoms with van der Waals surface area (Å²) in [6.07, 6.45) is -0.370. The molecule has 1 aromatic rings. The fraction of sp³-hybridized carbons (Fsp3) is 0.417. The van der Waals surface area contributed by atoms with Gasteiger partial charge in [-0.05, 0) is 31.5 Å². The number of hydrogen-bond donors (Lipinski definition) is 1. The van der Waals surface area contributed by atoms with Crippen molar-refractivity contribution in [1.82, 2.24) is 5.32 Å². The highest BCUT2D eigenvalue weighted by atomic mass is 16.6. The van der Waals surface area contributed by atoms with E-state index in [9.17, 15) is 4.79 Å². The fourth-order valence-corrected chi connectivity index (χ4v) is 1.61. The zero-order valence-corrected chi connectivity index (χ0v) is 9.40. The third-order valence-corrected chi connectivity index (χ3v) is 2.30. The van der Waals surface area contributed by atoms with Crippen molar-refractivity contribution in [1.29, 1.82) is 0 Å². The smallest absolute Gasteiger partial charge is 0.407 e. The van der Waals surface area contributed by atoms with Crippen LogP contribution in [0.3, 0.4) is 0 Å². The molecule has 0 aliphatic carbocycles. The Morgan fingerprint density at radius 3 is 2.56 bits per heavy atom. The van der Waals surface area contributed by atoms with Gasteiger partial charge in [0.25, 0.3) is 0 Å². The molecule has 86 valence electrons. The second kappa shape index (κ2) is 4.43. The van der Waals surface area contributed by atoms with Gasteiger partial charge >= 0.3 is 6.09 Å². The molecule has 0 spiro atoms. The number of carbonyl (C=O) groups is 1. The Kier molecular flexibility index (Phi) is 2.99. The largest absolute Gasteiger partial charge is 0.491 e. The molecular formula is C12H15NO3. The summed E-state index contributed by atoms with van der Waals surface area (Å²) in [5.74, 6) is 0.830. The molecule has 1 atom stereocenters. The third kappa shape index (κ3) is 2.45. The lowest BCUT2D eigenvalue weighted by Crippen LogP contribution is -2.12. The van der Waals surface area contributed by atoms with Crippen LogP contribution in [0.15, 0.2) is 24.3 Å². The van der Waals surface area contributed by atoms with Crippen LogP contribution in [-0.2, 0) is 4.74 Å². The lowest BCUT2D eigenvalue weighted by Gasteiger charge is -2.11. The molecule has 16 heavy (non-hydrogen) atoms. The quantitative estimate of drug-likeness (QED) is 0.851. The topological polar surface area (TPSA) is 47.6 Å². The van der Waals surface area contributed by atoms with Gasteiger partial charge < -0.3 is 14.8 Å². The summed E-state index contributed by atoms with van der Waals surface area (Å²) < 4.78 is 10.6. The Morgan fingerprint density at radius 1 is 1.38 bits per heavy atom. The second-order valence-corrected chi connectivity index (χ2v) is 4.01. The summed E-state index contributed by atoms with van der Waals surface area (Å²) in [4.78, 5) is 10.9. The molecular weight excluding hydrogens is 206 g/mol. The summed E-state index contributed by atoms with van der Waals surface area (Å²) in [6.45, 7) is 4.50. The Bertz CT molecular complexity index is 372. The monoisotopic (exact) mass is 221 g/mol.